The van der Waals surface area contributed by atoms with E-state index in [1.807, 2.05) is 25.4 Å². The number of amides is 1. The van der Waals surface area contributed by atoms with Crippen LogP contribution in [-0.4, -0.2) is 29.4 Å². The van der Waals surface area contributed by atoms with Crippen LogP contribution in [0.1, 0.15) is 30.5 Å². The maximum atomic E-state index is 11.8. The van der Waals surface area contributed by atoms with E-state index >= 15 is 0 Å². The molecule has 0 spiro atoms. The molecule has 1 unspecified atom stereocenters. The molecule has 80 valence electrons. The SMILES string of the molecule is CCc1ccc(C2CCN(C)C2=O)cn1. The smallest absolute Gasteiger partial charge is 0.229 e. The minimum absolute atomic E-state index is 0.0356. The van der Waals surface area contributed by atoms with Crippen molar-refractivity contribution in [3.8, 4) is 0 Å². The molecule has 2 heterocycles. The van der Waals surface area contributed by atoms with Crippen LogP contribution in [0.15, 0.2) is 18.3 Å². The number of rotatable bonds is 2. The van der Waals surface area contributed by atoms with Crippen LogP contribution in [-0.2, 0) is 11.2 Å². The fraction of sp³-hybridized carbons (Fsp3) is 0.500. The van der Waals surface area contributed by atoms with Gasteiger partial charge in [0.15, 0.2) is 0 Å². The third kappa shape index (κ3) is 1.87. The van der Waals surface area contributed by atoms with Gasteiger partial charge in [0.25, 0.3) is 0 Å². The molecule has 2 rings (SSSR count). The van der Waals surface area contributed by atoms with Crippen molar-refractivity contribution < 1.29 is 4.79 Å². The number of aryl methyl sites for hydroxylation is 1. The Morgan fingerprint density at radius 2 is 2.33 bits per heavy atom. The van der Waals surface area contributed by atoms with Crippen molar-refractivity contribution in [3.05, 3.63) is 29.6 Å². The first-order valence-corrected chi connectivity index (χ1v) is 5.42. The van der Waals surface area contributed by atoms with Crippen molar-refractivity contribution in [1.82, 2.24) is 9.88 Å². The number of hydrogen-bond acceptors (Lipinski definition) is 2. The van der Waals surface area contributed by atoms with Gasteiger partial charge in [0.2, 0.25) is 5.91 Å². The fourth-order valence-corrected chi connectivity index (χ4v) is 1.98. The summed E-state index contributed by atoms with van der Waals surface area (Å²) >= 11 is 0. The van der Waals surface area contributed by atoms with E-state index in [0.717, 1.165) is 30.6 Å². The quantitative estimate of drug-likeness (QED) is 0.733. The average molecular weight is 204 g/mol. The second kappa shape index (κ2) is 4.01. The van der Waals surface area contributed by atoms with Gasteiger partial charge in [-0.2, -0.15) is 0 Å². The third-order valence-corrected chi connectivity index (χ3v) is 3.04. The maximum Gasteiger partial charge on any atom is 0.229 e. The topological polar surface area (TPSA) is 33.2 Å². The van der Waals surface area contributed by atoms with Gasteiger partial charge in [-0.1, -0.05) is 13.0 Å². The summed E-state index contributed by atoms with van der Waals surface area (Å²) in [6, 6.07) is 4.05. The second-order valence-electron chi connectivity index (χ2n) is 4.04. The Labute approximate surface area is 90.1 Å². The van der Waals surface area contributed by atoms with Crippen LogP contribution in [0.5, 0.6) is 0 Å². The Morgan fingerprint density at radius 1 is 1.53 bits per heavy atom. The van der Waals surface area contributed by atoms with Crippen molar-refractivity contribution >= 4 is 5.91 Å². The number of pyridine rings is 1. The van der Waals surface area contributed by atoms with Crippen molar-refractivity contribution in [3.63, 3.8) is 0 Å². The summed E-state index contributed by atoms with van der Waals surface area (Å²) in [4.78, 5) is 17.9. The predicted molar refractivity (Wildman–Crippen MR) is 58.6 cm³/mol. The molecule has 1 aliphatic rings. The molecular formula is C12H16N2O. The van der Waals surface area contributed by atoms with Gasteiger partial charge in [0.05, 0.1) is 5.92 Å². The Kier molecular flexibility index (Phi) is 2.71. The molecule has 0 bridgehead atoms. The second-order valence-corrected chi connectivity index (χ2v) is 4.04. The first-order chi connectivity index (χ1) is 7.22. The molecule has 0 saturated carbocycles. The van der Waals surface area contributed by atoms with Crippen LogP contribution in [0, 0.1) is 0 Å². The maximum absolute atomic E-state index is 11.8. The van der Waals surface area contributed by atoms with E-state index in [1.165, 1.54) is 0 Å². The lowest BCUT2D eigenvalue weighted by Crippen LogP contribution is -2.21. The Hall–Kier alpha value is -1.38. The van der Waals surface area contributed by atoms with E-state index in [2.05, 4.69) is 11.9 Å². The molecule has 1 amide bonds. The largest absolute Gasteiger partial charge is 0.345 e. The summed E-state index contributed by atoms with van der Waals surface area (Å²) in [5.74, 6) is 0.259. The average Bonchev–Trinajstić information content (AvgIpc) is 2.60. The molecule has 15 heavy (non-hydrogen) atoms. The standard InChI is InChI=1S/C12H16N2O/c1-3-10-5-4-9(8-13-10)11-6-7-14(2)12(11)15/h4-5,8,11H,3,6-7H2,1-2H3. The number of nitrogens with zero attached hydrogens (tertiary/aromatic N) is 2. The number of hydrogen-bond donors (Lipinski definition) is 0. The number of likely N-dealkylation sites (tertiary alicyclic amines) is 1. The van der Waals surface area contributed by atoms with E-state index in [-0.39, 0.29) is 11.8 Å². The Balaban J connectivity index is 2.19. The van der Waals surface area contributed by atoms with Crippen LogP contribution in [0.2, 0.25) is 0 Å². The molecule has 1 fully saturated rings. The van der Waals surface area contributed by atoms with Gasteiger partial charge < -0.3 is 4.90 Å². The molecule has 0 radical (unpaired) electrons. The fourth-order valence-electron chi connectivity index (χ4n) is 1.98. The van der Waals surface area contributed by atoms with Gasteiger partial charge in [0, 0.05) is 25.5 Å². The van der Waals surface area contributed by atoms with Gasteiger partial charge in [-0.15, -0.1) is 0 Å². The van der Waals surface area contributed by atoms with Crippen molar-refractivity contribution in [2.24, 2.45) is 0 Å². The molecule has 0 aromatic carbocycles. The third-order valence-electron chi connectivity index (χ3n) is 3.04. The first-order valence-electron chi connectivity index (χ1n) is 5.42. The molecule has 0 N–H and O–H groups in total. The first kappa shape index (κ1) is 10.1. The molecule has 1 saturated heterocycles. The summed E-state index contributed by atoms with van der Waals surface area (Å²) < 4.78 is 0. The number of aromatic nitrogens is 1. The summed E-state index contributed by atoms with van der Waals surface area (Å²) in [5.41, 5.74) is 2.14. The minimum atomic E-state index is 0.0356. The summed E-state index contributed by atoms with van der Waals surface area (Å²) in [6.45, 7) is 2.94. The summed E-state index contributed by atoms with van der Waals surface area (Å²) in [5, 5.41) is 0. The molecule has 3 heteroatoms. The van der Waals surface area contributed by atoms with Crippen LogP contribution in [0.4, 0.5) is 0 Å². The zero-order chi connectivity index (χ0) is 10.8. The van der Waals surface area contributed by atoms with Crippen LogP contribution in [0.3, 0.4) is 0 Å². The van der Waals surface area contributed by atoms with E-state index in [4.69, 9.17) is 0 Å². The van der Waals surface area contributed by atoms with E-state index < -0.39 is 0 Å². The highest BCUT2D eigenvalue weighted by Gasteiger charge is 2.30. The molecule has 1 atom stereocenters. The summed E-state index contributed by atoms with van der Waals surface area (Å²) in [6.07, 6.45) is 3.71. The van der Waals surface area contributed by atoms with E-state index in [9.17, 15) is 4.79 Å². The van der Waals surface area contributed by atoms with Crippen LogP contribution < -0.4 is 0 Å². The van der Waals surface area contributed by atoms with Crippen LogP contribution in [0.25, 0.3) is 0 Å². The van der Waals surface area contributed by atoms with Gasteiger partial charge in [-0.25, -0.2) is 0 Å². The highest BCUT2D eigenvalue weighted by molar-refractivity contribution is 5.85. The zero-order valence-corrected chi connectivity index (χ0v) is 9.23. The highest BCUT2D eigenvalue weighted by atomic mass is 16.2. The minimum Gasteiger partial charge on any atom is -0.345 e. The van der Waals surface area contributed by atoms with Gasteiger partial charge in [0.1, 0.15) is 0 Å². The Bertz CT molecular complexity index is 358. The molecule has 3 nitrogen and oxygen atoms in total. The number of carbonyl (C=O) groups excluding carboxylic acids is 1. The molecular weight excluding hydrogens is 188 g/mol. The lowest BCUT2D eigenvalue weighted by molar-refractivity contribution is -0.127. The Morgan fingerprint density at radius 3 is 2.80 bits per heavy atom. The van der Waals surface area contributed by atoms with Crippen LogP contribution >= 0.6 is 0 Å². The van der Waals surface area contributed by atoms with E-state index in [0.29, 0.717) is 0 Å². The zero-order valence-electron chi connectivity index (χ0n) is 9.23. The van der Waals surface area contributed by atoms with Crippen molar-refractivity contribution in [1.29, 1.82) is 0 Å². The van der Waals surface area contributed by atoms with Crippen molar-refractivity contribution in [2.75, 3.05) is 13.6 Å². The normalized spacial score (nSPS) is 21.1. The van der Waals surface area contributed by atoms with E-state index in [1.54, 1.807) is 4.90 Å². The monoisotopic (exact) mass is 204 g/mol. The number of likely N-dealkylation sites (N-methyl/N-ethyl adjacent to an activating group) is 1. The van der Waals surface area contributed by atoms with Crippen molar-refractivity contribution in [2.45, 2.75) is 25.7 Å². The molecule has 1 aliphatic heterocycles. The lowest BCUT2D eigenvalue weighted by Gasteiger charge is -2.10. The molecule has 0 aliphatic carbocycles. The van der Waals surface area contributed by atoms with Gasteiger partial charge >= 0.3 is 0 Å². The summed E-state index contributed by atoms with van der Waals surface area (Å²) in [7, 11) is 1.86. The van der Waals surface area contributed by atoms with Gasteiger partial charge in [-0.3, -0.25) is 9.78 Å². The predicted octanol–water partition coefficient (Wildman–Crippen LogP) is 1.59. The molecule has 1 aromatic rings. The number of carbonyl (C=O) groups is 1. The molecule has 1 aromatic heterocycles. The lowest BCUT2D eigenvalue weighted by atomic mass is 9.99. The van der Waals surface area contributed by atoms with Gasteiger partial charge in [-0.05, 0) is 24.5 Å². The highest BCUT2D eigenvalue weighted by Crippen LogP contribution is 2.26.